The molecule has 18 heavy (non-hydrogen) atoms. The van der Waals surface area contributed by atoms with Crippen molar-refractivity contribution in [2.75, 3.05) is 0 Å². The van der Waals surface area contributed by atoms with Crippen LogP contribution in [0.2, 0.25) is 0 Å². The molecule has 4 nitrogen and oxygen atoms in total. The number of aromatic nitrogens is 2. The Morgan fingerprint density at radius 1 is 1.44 bits per heavy atom. The van der Waals surface area contributed by atoms with Gasteiger partial charge < -0.3 is 10.7 Å². The molecule has 0 saturated carbocycles. The smallest absolute Gasteiger partial charge is 0.251 e. The van der Waals surface area contributed by atoms with Gasteiger partial charge >= 0.3 is 0 Å². The molecule has 0 aliphatic rings. The molecule has 0 radical (unpaired) electrons. The van der Waals surface area contributed by atoms with Crippen molar-refractivity contribution in [3.8, 4) is 0 Å². The third kappa shape index (κ3) is 2.96. The van der Waals surface area contributed by atoms with Crippen LogP contribution in [0.3, 0.4) is 0 Å². The van der Waals surface area contributed by atoms with E-state index < -0.39 is 0 Å². The van der Waals surface area contributed by atoms with E-state index in [1.807, 2.05) is 0 Å². The molecule has 94 valence electrons. The Labute approximate surface area is 107 Å². The van der Waals surface area contributed by atoms with Gasteiger partial charge in [0.1, 0.15) is 5.82 Å². The van der Waals surface area contributed by atoms with E-state index in [0.29, 0.717) is 10.1 Å². The first-order valence-corrected chi connectivity index (χ1v) is 6.16. The van der Waals surface area contributed by atoms with Gasteiger partial charge in [-0.25, -0.2) is 9.37 Å². The highest BCUT2D eigenvalue weighted by Crippen LogP contribution is 2.27. The summed E-state index contributed by atoms with van der Waals surface area (Å²) in [4.78, 5) is 18.0. The number of rotatable bonds is 3. The van der Waals surface area contributed by atoms with Crippen LogP contribution >= 0.6 is 11.8 Å². The molecule has 1 heterocycles. The third-order valence-corrected chi connectivity index (χ3v) is 3.29. The summed E-state index contributed by atoms with van der Waals surface area (Å²) in [6, 6.07) is 5.88. The van der Waals surface area contributed by atoms with Crippen molar-refractivity contribution in [1.29, 1.82) is 0 Å². The number of nitrogens with one attached hydrogen (secondary N) is 1. The first kappa shape index (κ1) is 12.8. The monoisotopic (exact) mass is 265 g/mol. The largest absolute Gasteiger partial charge is 0.324 e. The Morgan fingerprint density at radius 2 is 2.22 bits per heavy atom. The van der Waals surface area contributed by atoms with Crippen LogP contribution in [0.5, 0.6) is 0 Å². The fraction of sp³-hybridized carbons (Fsp3) is 0.167. The molecule has 2 rings (SSSR count). The first-order valence-electron chi connectivity index (χ1n) is 5.34. The standard InChI is InChI=1S/C12H12FN3OS/c1-7(14)8-2-3-10(9(13)6-8)18-12-15-5-4-11(17)16-12/h2-7H,14H2,1H3,(H,15,16,17)/t7-/m0/s1. The molecule has 0 saturated heterocycles. The fourth-order valence-corrected chi connectivity index (χ4v) is 2.16. The van der Waals surface area contributed by atoms with Crippen LogP contribution < -0.4 is 11.3 Å². The second kappa shape index (κ2) is 5.32. The lowest BCUT2D eigenvalue weighted by atomic mass is 10.1. The van der Waals surface area contributed by atoms with Crippen molar-refractivity contribution in [2.45, 2.75) is 23.0 Å². The summed E-state index contributed by atoms with van der Waals surface area (Å²) in [7, 11) is 0. The maximum Gasteiger partial charge on any atom is 0.251 e. The zero-order chi connectivity index (χ0) is 13.1. The Balaban J connectivity index is 2.27. The van der Waals surface area contributed by atoms with Gasteiger partial charge in [0.2, 0.25) is 0 Å². The molecular formula is C12H12FN3OS. The topological polar surface area (TPSA) is 71.8 Å². The third-order valence-electron chi connectivity index (χ3n) is 2.34. The first-order chi connectivity index (χ1) is 8.56. The van der Waals surface area contributed by atoms with Gasteiger partial charge in [0.25, 0.3) is 5.56 Å². The molecule has 0 spiro atoms. The van der Waals surface area contributed by atoms with Crippen LogP contribution in [0.25, 0.3) is 0 Å². The molecule has 0 bridgehead atoms. The molecule has 6 heteroatoms. The zero-order valence-electron chi connectivity index (χ0n) is 9.68. The molecule has 2 aromatic rings. The molecule has 0 unspecified atom stereocenters. The van der Waals surface area contributed by atoms with Gasteiger partial charge in [-0.05, 0) is 36.4 Å². The Bertz CT molecular complexity index is 612. The Morgan fingerprint density at radius 3 is 2.83 bits per heavy atom. The highest BCUT2D eigenvalue weighted by atomic mass is 32.2. The summed E-state index contributed by atoms with van der Waals surface area (Å²) in [5.41, 5.74) is 6.14. The van der Waals surface area contributed by atoms with E-state index in [1.165, 1.54) is 18.3 Å². The predicted octanol–water partition coefficient (Wildman–Crippen LogP) is 2.08. The second-order valence-electron chi connectivity index (χ2n) is 3.82. The maximum absolute atomic E-state index is 13.8. The van der Waals surface area contributed by atoms with Crippen molar-refractivity contribution < 1.29 is 4.39 Å². The van der Waals surface area contributed by atoms with Crippen molar-refractivity contribution >= 4 is 11.8 Å². The van der Waals surface area contributed by atoms with E-state index in [9.17, 15) is 9.18 Å². The molecule has 0 amide bonds. The molecular weight excluding hydrogens is 253 g/mol. The van der Waals surface area contributed by atoms with Gasteiger partial charge in [-0.15, -0.1) is 0 Å². The van der Waals surface area contributed by atoms with Crippen LogP contribution in [0.15, 0.2) is 45.3 Å². The van der Waals surface area contributed by atoms with Crippen LogP contribution in [0, 0.1) is 5.82 Å². The van der Waals surface area contributed by atoms with Gasteiger partial charge in [0.15, 0.2) is 5.16 Å². The van der Waals surface area contributed by atoms with Crippen LogP contribution in [0.1, 0.15) is 18.5 Å². The number of nitrogens with two attached hydrogens (primary N) is 1. The van der Waals surface area contributed by atoms with E-state index in [4.69, 9.17) is 5.73 Å². The SMILES string of the molecule is C[C@H](N)c1ccc(Sc2nccc(=O)[nH]2)c(F)c1. The van der Waals surface area contributed by atoms with E-state index in [-0.39, 0.29) is 17.4 Å². The molecule has 0 aliphatic heterocycles. The second-order valence-corrected chi connectivity index (χ2v) is 4.85. The molecule has 1 atom stereocenters. The summed E-state index contributed by atoms with van der Waals surface area (Å²) in [5.74, 6) is -0.374. The number of H-pyrrole nitrogens is 1. The lowest BCUT2D eigenvalue weighted by Gasteiger charge is -2.07. The quantitative estimate of drug-likeness (QED) is 0.833. The summed E-state index contributed by atoms with van der Waals surface area (Å²) in [5, 5.41) is 0.356. The van der Waals surface area contributed by atoms with Gasteiger partial charge in [0, 0.05) is 18.3 Å². The van der Waals surface area contributed by atoms with Gasteiger partial charge in [0.05, 0.1) is 4.90 Å². The van der Waals surface area contributed by atoms with E-state index >= 15 is 0 Å². The highest BCUT2D eigenvalue weighted by Gasteiger charge is 2.08. The zero-order valence-corrected chi connectivity index (χ0v) is 10.5. The number of hydrogen-bond acceptors (Lipinski definition) is 4. The van der Waals surface area contributed by atoms with Crippen molar-refractivity contribution in [3.05, 3.63) is 52.2 Å². The minimum absolute atomic E-state index is 0.215. The predicted molar refractivity (Wildman–Crippen MR) is 68.0 cm³/mol. The van der Waals surface area contributed by atoms with E-state index in [0.717, 1.165) is 17.3 Å². The summed E-state index contributed by atoms with van der Waals surface area (Å²) >= 11 is 1.07. The Hall–Kier alpha value is -1.66. The summed E-state index contributed by atoms with van der Waals surface area (Å²) in [6.07, 6.45) is 1.38. The van der Waals surface area contributed by atoms with Crippen molar-refractivity contribution in [1.82, 2.24) is 9.97 Å². The van der Waals surface area contributed by atoms with Gasteiger partial charge in [-0.1, -0.05) is 6.07 Å². The average molecular weight is 265 g/mol. The van der Waals surface area contributed by atoms with E-state index in [1.54, 1.807) is 19.1 Å². The van der Waals surface area contributed by atoms with Crippen molar-refractivity contribution in [2.24, 2.45) is 5.73 Å². The minimum atomic E-state index is -0.374. The molecule has 1 aromatic heterocycles. The van der Waals surface area contributed by atoms with Crippen LogP contribution in [-0.2, 0) is 0 Å². The number of nitrogens with zero attached hydrogens (tertiary/aromatic N) is 1. The lowest BCUT2D eigenvalue weighted by molar-refractivity contribution is 0.596. The lowest BCUT2D eigenvalue weighted by Crippen LogP contribution is -2.06. The van der Waals surface area contributed by atoms with Gasteiger partial charge in [-0.3, -0.25) is 4.79 Å². The molecule has 0 aliphatic carbocycles. The number of hydrogen-bond donors (Lipinski definition) is 2. The number of benzene rings is 1. The number of halogens is 1. The average Bonchev–Trinajstić information content (AvgIpc) is 2.31. The summed E-state index contributed by atoms with van der Waals surface area (Å²) < 4.78 is 13.8. The van der Waals surface area contributed by atoms with Crippen LogP contribution in [0.4, 0.5) is 4.39 Å². The Kier molecular flexibility index (Phi) is 3.78. The molecule has 0 fully saturated rings. The molecule has 3 N–H and O–H groups in total. The minimum Gasteiger partial charge on any atom is -0.324 e. The maximum atomic E-state index is 13.8. The highest BCUT2D eigenvalue weighted by molar-refractivity contribution is 7.99. The fourth-order valence-electron chi connectivity index (χ4n) is 1.39. The van der Waals surface area contributed by atoms with Crippen molar-refractivity contribution in [3.63, 3.8) is 0 Å². The molecule has 1 aromatic carbocycles. The van der Waals surface area contributed by atoms with E-state index in [2.05, 4.69) is 9.97 Å². The summed E-state index contributed by atoms with van der Waals surface area (Å²) in [6.45, 7) is 1.79. The van der Waals surface area contributed by atoms with Gasteiger partial charge in [-0.2, -0.15) is 0 Å². The normalized spacial score (nSPS) is 12.4. The van der Waals surface area contributed by atoms with Crippen LogP contribution in [-0.4, -0.2) is 9.97 Å². The number of aromatic amines is 1.